The van der Waals surface area contributed by atoms with Gasteiger partial charge in [0, 0.05) is 38.4 Å². The molecule has 0 unspecified atom stereocenters. The Labute approximate surface area is 122 Å². The van der Waals surface area contributed by atoms with Crippen LogP contribution in [0.4, 0.5) is 13.2 Å². The number of nitrogens with one attached hydrogen (secondary N) is 2. The Bertz CT molecular complexity index is 553. The lowest BCUT2D eigenvalue weighted by molar-refractivity contribution is -0.135. The second-order valence-corrected chi connectivity index (χ2v) is 6.44. The summed E-state index contributed by atoms with van der Waals surface area (Å²) in [6.07, 6.45) is -4.11. The lowest BCUT2D eigenvalue weighted by atomic mass is 10.3. The molecule has 5 nitrogen and oxygen atoms in total. The van der Waals surface area contributed by atoms with Crippen LogP contribution in [0.3, 0.4) is 0 Å². The van der Waals surface area contributed by atoms with Gasteiger partial charge in [0.1, 0.15) is 0 Å². The lowest BCUT2D eigenvalue weighted by Gasteiger charge is -2.07. The summed E-state index contributed by atoms with van der Waals surface area (Å²) in [6.45, 7) is 2.97. The quantitative estimate of drug-likeness (QED) is 0.715. The van der Waals surface area contributed by atoms with Crippen molar-refractivity contribution in [2.24, 2.45) is 7.05 Å². The van der Waals surface area contributed by atoms with Crippen LogP contribution in [-0.4, -0.2) is 32.3 Å². The molecule has 1 aromatic rings. The van der Waals surface area contributed by atoms with Gasteiger partial charge in [-0.25, -0.2) is 13.1 Å². The molecular formula is C12H20F3N3O2S. The molecule has 1 aromatic heterocycles. The van der Waals surface area contributed by atoms with E-state index in [2.05, 4.69) is 10.0 Å². The van der Waals surface area contributed by atoms with Gasteiger partial charge in [-0.05, 0) is 19.0 Å². The van der Waals surface area contributed by atoms with Gasteiger partial charge in [0.05, 0.1) is 4.90 Å². The topological polar surface area (TPSA) is 63.1 Å². The molecule has 1 heterocycles. The maximum Gasteiger partial charge on any atom is 0.389 e. The molecule has 0 aliphatic rings. The van der Waals surface area contributed by atoms with Gasteiger partial charge in [-0.1, -0.05) is 6.92 Å². The van der Waals surface area contributed by atoms with E-state index in [-0.39, 0.29) is 17.9 Å². The number of alkyl halides is 3. The number of nitrogens with zero attached hydrogens (tertiary/aromatic N) is 1. The van der Waals surface area contributed by atoms with E-state index in [1.54, 1.807) is 11.6 Å². The highest BCUT2D eigenvalue weighted by Crippen LogP contribution is 2.21. The average Bonchev–Trinajstić information content (AvgIpc) is 2.73. The van der Waals surface area contributed by atoms with Crippen molar-refractivity contribution in [1.82, 2.24) is 14.6 Å². The largest absolute Gasteiger partial charge is 0.389 e. The number of hydrogen-bond acceptors (Lipinski definition) is 3. The molecule has 1 rings (SSSR count). The standard InChI is InChI=1S/C12H20F3N3O2S/c1-3-16-8-10-7-11(9-18(10)2)21(19,20)17-6-4-5-12(13,14)15/h7,9,16-17H,3-6,8H2,1-2H3. The van der Waals surface area contributed by atoms with Gasteiger partial charge < -0.3 is 9.88 Å². The highest BCUT2D eigenvalue weighted by molar-refractivity contribution is 7.89. The number of sulfonamides is 1. The first-order valence-corrected chi connectivity index (χ1v) is 8.06. The molecule has 0 saturated heterocycles. The average molecular weight is 327 g/mol. The van der Waals surface area contributed by atoms with Crippen molar-refractivity contribution in [2.75, 3.05) is 13.1 Å². The van der Waals surface area contributed by atoms with Crippen molar-refractivity contribution in [3.05, 3.63) is 18.0 Å². The molecule has 0 aromatic carbocycles. The van der Waals surface area contributed by atoms with Gasteiger partial charge in [-0.15, -0.1) is 0 Å². The molecule has 122 valence electrons. The van der Waals surface area contributed by atoms with Gasteiger partial charge in [-0.3, -0.25) is 0 Å². The highest BCUT2D eigenvalue weighted by Gasteiger charge is 2.26. The minimum Gasteiger partial charge on any atom is -0.352 e. The summed E-state index contributed by atoms with van der Waals surface area (Å²) in [7, 11) is -2.05. The summed E-state index contributed by atoms with van der Waals surface area (Å²) < 4.78 is 63.8. The lowest BCUT2D eigenvalue weighted by Crippen LogP contribution is -2.25. The van der Waals surface area contributed by atoms with Gasteiger partial charge in [0.25, 0.3) is 0 Å². The van der Waals surface area contributed by atoms with Crippen molar-refractivity contribution in [3.63, 3.8) is 0 Å². The maximum absolute atomic E-state index is 12.0. The zero-order valence-corrected chi connectivity index (χ0v) is 12.8. The van der Waals surface area contributed by atoms with E-state index in [1.807, 2.05) is 6.92 Å². The van der Waals surface area contributed by atoms with Crippen molar-refractivity contribution in [2.45, 2.75) is 37.4 Å². The molecular weight excluding hydrogens is 307 g/mol. The smallest absolute Gasteiger partial charge is 0.352 e. The molecule has 9 heteroatoms. The number of rotatable bonds is 8. The van der Waals surface area contributed by atoms with E-state index in [4.69, 9.17) is 0 Å². The zero-order chi connectivity index (χ0) is 16.1. The van der Waals surface area contributed by atoms with Crippen LogP contribution in [0, 0.1) is 0 Å². The van der Waals surface area contributed by atoms with E-state index < -0.39 is 22.6 Å². The zero-order valence-electron chi connectivity index (χ0n) is 12.0. The molecule has 0 saturated carbocycles. The molecule has 0 spiro atoms. The van der Waals surface area contributed by atoms with E-state index >= 15 is 0 Å². The monoisotopic (exact) mass is 327 g/mol. The van der Waals surface area contributed by atoms with Crippen LogP contribution < -0.4 is 10.0 Å². The van der Waals surface area contributed by atoms with Gasteiger partial charge in [-0.2, -0.15) is 13.2 Å². The number of halogens is 3. The van der Waals surface area contributed by atoms with Crippen molar-refractivity contribution in [3.8, 4) is 0 Å². The second-order valence-electron chi connectivity index (χ2n) is 4.67. The predicted octanol–water partition coefficient (Wildman–Crippen LogP) is 1.76. The Kier molecular flexibility index (Phi) is 6.24. The Hall–Kier alpha value is -1.06. The molecule has 0 amide bonds. The summed E-state index contributed by atoms with van der Waals surface area (Å²) >= 11 is 0. The molecule has 0 aliphatic carbocycles. The van der Waals surface area contributed by atoms with Crippen molar-refractivity contribution in [1.29, 1.82) is 0 Å². The molecule has 0 fully saturated rings. The first-order chi connectivity index (χ1) is 9.65. The van der Waals surface area contributed by atoms with Gasteiger partial charge in [0.15, 0.2) is 0 Å². The number of aromatic nitrogens is 1. The van der Waals surface area contributed by atoms with Crippen LogP contribution in [0.2, 0.25) is 0 Å². The Morgan fingerprint density at radius 3 is 2.57 bits per heavy atom. The third kappa shape index (κ3) is 6.06. The van der Waals surface area contributed by atoms with Crippen LogP contribution in [-0.2, 0) is 23.6 Å². The third-order valence-corrected chi connectivity index (χ3v) is 4.31. The summed E-state index contributed by atoms with van der Waals surface area (Å²) in [5.74, 6) is 0. The van der Waals surface area contributed by atoms with Crippen LogP contribution >= 0.6 is 0 Å². The van der Waals surface area contributed by atoms with Gasteiger partial charge >= 0.3 is 6.18 Å². The number of aryl methyl sites for hydroxylation is 1. The van der Waals surface area contributed by atoms with Crippen molar-refractivity contribution < 1.29 is 21.6 Å². The molecule has 0 bridgehead atoms. The molecule has 2 N–H and O–H groups in total. The summed E-state index contributed by atoms with van der Waals surface area (Å²) in [5, 5.41) is 3.08. The predicted molar refractivity (Wildman–Crippen MR) is 73.3 cm³/mol. The third-order valence-electron chi connectivity index (χ3n) is 2.88. The first kappa shape index (κ1) is 18.0. The summed E-state index contributed by atoms with van der Waals surface area (Å²) in [4.78, 5) is 0.0601. The molecule has 0 radical (unpaired) electrons. The van der Waals surface area contributed by atoms with E-state index in [1.165, 1.54) is 12.3 Å². The van der Waals surface area contributed by atoms with Gasteiger partial charge in [0.2, 0.25) is 10.0 Å². The summed E-state index contributed by atoms with van der Waals surface area (Å²) in [5.41, 5.74) is 0.785. The maximum atomic E-state index is 12.0. The Morgan fingerprint density at radius 1 is 1.33 bits per heavy atom. The molecule has 0 atom stereocenters. The van der Waals surface area contributed by atoms with E-state index in [9.17, 15) is 21.6 Å². The fraction of sp³-hybridized carbons (Fsp3) is 0.667. The summed E-state index contributed by atoms with van der Waals surface area (Å²) in [6, 6.07) is 1.51. The Balaban J connectivity index is 2.62. The van der Waals surface area contributed by atoms with E-state index in [0.717, 1.165) is 12.2 Å². The SMILES string of the molecule is CCNCc1cc(S(=O)(=O)NCCCC(F)(F)F)cn1C. The minimum absolute atomic E-state index is 0.0601. The normalized spacial score (nSPS) is 12.8. The minimum atomic E-state index is -4.27. The van der Waals surface area contributed by atoms with Crippen molar-refractivity contribution >= 4 is 10.0 Å². The van der Waals surface area contributed by atoms with E-state index in [0.29, 0.717) is 6.54 Å². The molecule has 21 heavy (non-hydrogen) atoms. The first-order valence-electron chi connectivity index (χ1n) is 6.58. The molecule has 0 aliphatic heterocycles. The fourth-order valence-electron chi connectivity index (χ4n) is 1.73. The number of hydrogen-bond donors (Lipinski definition) is 2. The van der Waals surface area contributed by atoms with Crippen LogP contribution in [0.5, 0.6) is 0 Å². The second kappa shape index (κ2) is 7.28. The fourth-order valence-corrected chi connectivity index (χ4v) is 2.90. The van der Waals surface area contributed by atoms with Crippen LogP contribution in [0.1, 0.15) is 25.5 Å². The Morgan fingerprint density at radius 2 is 2.00 bits per heavy atom. The van der Waals surface area contributed by atoms with Crippen LogP contribution in [0.25, 0.3) is 0 Å². The highest BCUT2D eigenvalue weighted by atomic mass is 32.2. The van der Waals surface area contributed by atoms with Crippen LogP contribution in [0.15, 0.2) is 17.2 Å².